The average molecular weight is 292 g/mol. The van der Waals surface area contributed by atoms with Crippen molar-refractivity contribution < 1.29 is 22.0 Å². The van der Waals surface area contributed by atoms with Gasteiger partial charge in [-0.25, -0.2) is 22.3 Å². The van der Waals surface area contributed by atoms with E-state index in [2.05, 4.69) is 5.32 Å². The van der Waals surface area contributed by atoms with Crippen LogP contribution in [0.5, 0.6) is 0 Å². The van der Waals surface area contributed by atoms with Gasteiger partial charge >= 0.3 is 0 Å². The lowest BCUT2D eigenvalue weighted by atomic mass is 10.0. The van der Waals surface area contributed by atoms with Gasteiger partial charge in [-0.3, -0.25) is 4.79 Å². The normalized spacial score (nSPS) is 14.8. The van der Waals surface area contributed by atoms with Crippen LogP contribution in [-0.2, 0) is 14.8 Å². The van der Waals surface area contributed by atoms with E-state index in [0.29, 0.717) is 0 Å². The molecule has 5 nitrogen and oxygen atoms in total. The Labute approximate surface area is 109 Å². The summed E-state index contributed by atoms with van der Waals surface area (Å²) in [7, 11) is -4.11. The van der Waals surface area contributed by atoms with Crippen LogP contribution in [0.3, 0.4) is 0 Å². The van der Waals surface area contributed by atoms with Crippen molar-refractivity contribution in [2.75, 3.05) is 0 Å². The molecule has 0 bridgehead atoms. The zero-order chi connectivity index (χ0) is 14.8. The summed E-state index contributed by atoms with van der Waals surface area (Å²) in [6, 6.07) is 1.57. The van der Waals surface area contributed by atoms with Gasteiger partial charge in [0.05, 0.1) is 10.9 Å². The molecule has 0 aliphatic carbocycles. The highest BCUT2D eigenvalue weighted by molar-refractivity contribution is 7.89. The molecule has 0 heterocycles. The van der Waals surface area contributed by atoms with Crippen molar-refractivity contribution in [1.29, 1.82) is 0 Å². The Balaban J connectivity index is 3.31. The third-order valence-electron chi connectivity index (χ3n) is 2.40. The van der Waals surface area contributed by atoms with E-state index in [-0.39, 0.29) is 5.56 Å². The Morgan fingerprint density at radius 1 is 1.37 bits per heavy atom. The molecule has 19 heavy (non-hydrogen) atoms. The summed E-state index contributed by atoms with van der Waals surface area (Å²) < 4.78 is 49.2. The highest BCUT2D eigenvalue weighted by Crippen LogP contribution is 2.23. The van der Waals surface area contributed by atoms with Crippen LogP contribution in [0, 0.1) is 5.82 Å². The number of halogens is 2. The van der Waals surface area contributed by atoms with Crippen LogP contribution in [0.2, 0.25) is 0 Å². The monoisotopic (exact) mass is 292 g/mol. The van der Waals surface area contributed by atoms with Crippen LogP contribution in [0.1, 0.15) is 25.5 Å². The van der Waals surface area contributed by atoms with E-state index in [1.807, 2.05) is 0 Å². The molecule has 0 aliphatic heterocycles. The molecule has 0 saturated carbocycles. The van der Waals surface area contributed by atoms with Crippen LogP contribution < -0.4 is 10.5 Å². The smallest absolute Gasteiger partial charge is 0.238 e. The number of nitrogens with two attached hydrogens (primary N) is 1. The van der Waals surface area contributed by atoms with Gasteiger partial charge < -0.3 is 5.32 Å². The Morgan fingerprint density at radius 3 is 2.37 bits per heavy atom. The van der Waals surface area contributed by atoms with Gasteiger partial charge in [0.15, 0.2) is 0 Å². The maximum atomic E-state index is 13.5. The first kappa shape index (κ1) is 15.5. The Kier molecular flexibility index (Phi) is 4.59. The van der Waals surface area contributed by atoms with E-state index in [0.717, 1.165) is 18.2 Å². The van der Waals surface area contributed by atoms with Crippen molar-refractivity contribution in [2.24, 2.45) is 5.14 Å². The highest BCUT2D eigenvalue weighted by Gasteiger charge is 2.22. The first-order valence-corrected chi connectivity index (χ1v) is 6.90. The molecule has 0 aliphatic rings. The average Bonchev–Trinajstić information content (AvgIpc) is 2.23. The number of amides is 1. The maximum Gasteiger partial charge on any atom is 0.238 e. The third kappa shape index (κ3) is 4.25. The molecule has 3 N–H and O–H groups in total. The number of carbonyl (C=O) groups excluding carboxylic acids is 1. The molecular weight excluding hydrogens is 278 g/mol. The van der Waals surface area contributed by atoms with E-state index in [1.165, 1.54) is 13.8 Å². The Bertz CT molecular complexity index is 588. The van der Waals surface area contributed by atoms with E-state index >= 15 is 0 Å². The molecule has 2 atom stereocenters. The predicted octanol–water partition coefficient (Wildman–Crippen LogP) is 1.01. The number of alkyl halides is 1. The highest BCUT2D eigenvalue weighted by atomic mass is 32.2. The molecule has 1 aromatic carbocycles. The number of primary sulfonamides is 1. The van der Waals surface area contributed by atoms with Crippen molar-refractivity contribution >= 4 is 15.9 Å². The fraction of sp³-hybridized carbons (Fsp3) is 0.364. The van der Waals surface area contributed by atoms with Crippen molar-refractivity contribution in [3.8, 4) is 0 Å². The molecule has 106 valence electrons. The Morgan fingerprint density at radius 2 is 1.95 bits per heavy atom. The summed E-state index contributed by atoms with van der Waals surface area (Å²) in [6.45, 7) is 2.34. The van der Waals surface area contributed by atoms with Crippen molar-refractivity contribution in [2.45, 2.75) is 31.0 Å². The second kappa shape index (κ2) is 5.62. The molecule has 0 aromatic heterocycles. The van der Waals surface area contributed by atoms with Crippen molar-refractivity contribution in [3.63, 3.8) is 0 Å². The lowest BCUT2D eigenvalue weighted by Gasteiger charge is -2.20. The van der Waals surface area contributed by atoms with Crippen molar-refractivity contribution in [3.05, 3.63) is 29.6 Å². The first-order valence-electron chi connectivity index (χ1n) is 5.35. The summed E-state index contributed by atoms with van der Waals surface area (Å²) in [5.41, 5.74) is -0.00535. The molecule has 0 radical (unpaired) electrons. The molecule has 1 aromatic rings. The lowest BCUT2D eigenvalue weighted by molar-refractivity contribution is -0.120. The SMILES string of the molecule is CC(=O)NC(c1cc(F)cc(S(N)(=O)=O)c1)C(C)F. The zero-order valence-corrected chi connectivity index (χ0v) is 11.2. The first-order chi connectivity index (χ1) is 8.61. The standard InChI is InChI=1S/C11H14F2N2O3S/c1-6(12)11(15-7(2)16)8-3-9(13)5-10(4-8)19(14,17)18/h3-6,11H,1-2H3,(H,15,16)(H2,14,17,18). The number of sulfonamides is 1. The van der Waals surface area contributed by atoms with E-state index in [4.69, 9.17) is 5.14 Å². The largest absolute Gasteiger partial charge is 0.347 e. The second-order valence-corrected chi connectivity index (χ2v) is 5.68. The van der Waals surface area contributed by atoms with Crippen LogP contribution in [0.25, 0.3) is 0 Å². The van der Waals surface area contributed by atoms with E-state index in [9.17, 15) is 22.0 Å². The van der Waals surface area contributed by atoms with Crippen LogP contribution in [0.15, 0.2) is 23.1 Å². The van der Waals surface area contributed by atoms with Gasteiger partial charge in [0, 0.05) is 6.92 Å². The zero-order valence-electron chi connectivity index (χ0n) is 10.4. The number of carbonyl (C=O) groups is 1. The topological polar surface area (TPSA) is 89.3 Å². The lowest BCUT2D eigenvalue weighted by Crippen LogP contribution is -2.32. The summed E-state index contributed by atoms with van der Waals surface area (Å²) >= 11 is 0. The number of nitrogens with one attached hydrogen (secondary N) is 1. The number of benzene rings is 1. The molecule has 1 amide bonds. The van der Waals surface area contributed by atoms with E-state index < -0.39 is 38.9 Å². The van der Waals surface area contributed by atoms with E-state index in [1.54, 1.807) is 0 Å². The summed E-state index contributed by atoms with van der Waals surface area (Å²) in [5.74, 6) is -1.39. The minimum atomic E-state index is -4.11. The molecular formula is C11H14F2N2O3S. The molecule has 0 spiro atoms. The summed E-state index contributed by atoms with van der Waals surface area (Å²) in [6.07, 6.45) is -1.53. The fourth-order valence-electron chi connectivity index (χ4n) is 1.61. The van der Waals surface area contributed by atoms with Crippen LogP contribution >= 0.6 is 0 Å². The van der Waals surface area contributed by atoms with Gasteiger partial charge in [0.2, 0.25) is 15.9 Å². The van der Waals surface area contributed by atoms with Gasteiger partial charge in [-0.2, -0.15) is 0 Å². The van der Waals surface area contributed by atoms with Gasteiger partial charge in [-0.15, -0.1) is 0 Å². The van der Waals surface area contributed by atoms with Gasteiger partial charge in [0.25, 0.3) is 0 Å². The van der Waals surface area contributed by atoms with Crippen LogP contribution in [0.4, 0.5) is 8.78 Å². The number of hydrogen-bond acceptors (Lipinski definition) is 3. The number of hydrogen-bond donors (Lipinski definition) is 2. The Hall–Kier alpha value is -1.54. The summed E-state index contributed by atoms with van der Waals surface area (Å²) in [4.78, 5) is 10.5. The molecule has 2 unspecified atom stereocenters. The van der Waals surface area contributed by atoms with Gasteiger partial charge in [-0.1, -0.05) is 0 Å². The molecule has 0 fully saturated rings. The third-order valence-corrected chi connectivity index (χ3v) is 3.29. The minimum Gasteiger partial charge on any atom is -0.347 e. The fourth-order valence-corrected chi connectivity index (χ4v) is 2.19. The maximum absolute atomic E-state index is 13.5. The predicted molar refractivity (Wildman–Crippen MR) is 64.9 cm³/mol. The quantitative estimate of drug-likeness (QED) is 0.868. The van der Waals surface area contributed by atoms with Gasteiger partial charge in [0.1, 0.15) is 12.0 Å². The minimum absolute atomic E-state index is 0.00535. The van der Waals surface area contributed by atoms with Crippen molar-refractivity contribution in [1.82, 2.24) is 5.32 Å². The second-order valence-electron chi connectivity index (χ2n) is 4.12. The molecule has 8 heteroatoms. The summed E-state index contributed by atoms with van der Waals surface area (Å²) in [5, 5.41) is 7.18. The molecule has 1 rings (SSSR count). The molecule has 0 saturated heterocycles. The van der Waals surface area contributed by atoms with Crippen LogP contribution in [-0.4, -0.2) is 20.5 Å². The van der Waals surface area contributed by atoms with Gasteiger partial charge in [-0.05, 0) is 30.7 Å². The number of rotatable bonds is 4.